The number of aromatic hydroxyl groups is 1. The minimum atomic E-state index is -0.251. The van der Waals surface area contributed by atoms with Crippen LogP contribution in [0.4, 0.5) is 4.39 Å². The summed E-state index contributed by atoms with van der Waals surface area (Å²) in [5, 5.41) is 10.2. The van der Waals surface area contributed by atoms with E-state index in [1.807, 2.05) is 19.1 Å². The van der Waals surface area contributed by atoms with E-state index in [1.54, 1.807) is 0 Å². The maximum Gasteiger partial charge on any atom is 0.177 e. The number of hydrogen-bond donors (Lipinski definition) is 1. The molecule has 0 aliphatic rings. The van der Waals surface area contributed by atoms with E-state index in [2.05, 4.69) is 0 Å². The van der Waals surface area contributed by atoms with Crippen LogP contribution < -0.4 is 0 Å². The standard InChI is InChI=1S/C10H9FOS/c1-2-6-3-4-7-5-8(11)13-10(7)9(6)12/h3-5,12H,2H2,1H3. The Morgan fingerprint density at radius 3 is 2.92 bits per heavy atom. The Balaban J connectivity index is 2.78. The highest BCUT2D eigenvalue weighted by Gasteiger charge is 2.08. The molecule has 3 heteroatoms. The summed E-state index contributed by atoms with van der Waals surface area (Å²) in [5.41, 5.74) is 0.870. The van der Waals surface area contributed by atoms with Crippen LogP contribution in [0.5, 0.6) is 5.75 Å². The Morgan fingerprint density at radius 1 is 1.46 bits per heavy atom. The van der Waals surface area contributed by atoms with Gasteiger partial charge in [0.1, 0.15) is 5.75 Å². The molecule has 0 aliphatic heterocycles. The lowest BCUT2D eigenvalue weighted by molar-refractivity contribution is 0.476. The number of halogens is 1. The molecule has 0 radical (unpaired) electrons. The molecule has 0 unspecified atom stereocenters. The van der Waals surface area contributed by atoms with Crippen molar-refractivity contribution >= 4 is 21.4 Å². The van der Waals surface area contributed by atoms with Crippen molar-refractivity contribution in [2.75, 3.05) is 0 Å². The molecule has 1 N–H and O–H groups in total. The molecule has 0 aliphatic carbocycles. The van der Waals surface area contributed by atoms with Gasteiger partial charge in [0, 0.05) is 0 Å². The van der Waals surface area contributed by atoms with Gasteiger partial charge in [-0.15, -0.1) is 11.3 Å². The molecule has 0 saturated carbocycles. The van der Waals surface area contributed by atoms with E-state index in [9.17, 15) is 9.50 Å². The minimum absolute atomic E-state index is 0.230. The van der Waals surface area contributed by atoms with Crippen LogP contribution in [0.3, 0.4) is 0 Å². The Hall–Kier alpha value is -1.09. The third-order valence-electron chi connectivity index (χ3n) is 2.09. The van der Waals surface area contributed by atoms with Gasteiger partial charge in [-0.05, 0) is 23.4 Å². The fourth-order valence-corrected chi connectivity index (χ4v) is 2.24. The number of benzene rings is 1. The summed E-state index contributed by atoms with van der Waals surface area (Å²) in [7, 11) is 0. The normalized spacial score (nSPS) is 10.9. The van der Waals surface area contributed by atoms with E-state index < -0.39 is 0 Å². The first-order valence-corrected chi connectivity index (χ1v) is 4.94. The van der Waals surface area contributed by atoms with Gasteiger partial charge in [-0.2, -0.15) is 4.39 Å². The summed E-state index contributed by atoms with van der Waals surface area (Å²) in [6.07, 6.45) is 0.765. The second-order valence-electron chi connectivity index (χ2n) is 2.90. The van der Waals surface area contributed by atoms with Crippen molar-refractivity contribution in [3.05, 3.63) is 28.9 Å². The van der Waals surface area contributed by atoms with E-state index in [1.165, 1.54) is 6.07 Å². The molecule has 1 nitrogen and oxygen atoms in total. The van der Waals surface area contributed by atoms with Gasteiger partial charge < -0.3 is 5.11 Å². The molecule has 1 aromatic carbocycles. The SMILES string of the molecule is CCc1ccc2cc(F)sc2c1O. The summed E-state index contributed by atoms with van der Waals surface area (Å²) in [5.74, 6) is 0.230. The number of thiophene rings is 1. The fraction of sp³-hybridized carbons (Fsp3) is 0.200. The number of phenolic OH excluding ortho intramolecular Hbond substituents is 1. The quantitative estimate of drug-likeness (QED) is 0.741. The average molecular weight is 196 g/mol. The highest BCUT2D eigenvalue weighted by atomic mass is 32.1. The van der Waals surface area contributed by atoms with Crippen LogP contribution >= 0.6 is 11.3 Å². The van der Waals surface area contributed by atoms with Crippen LogP contribution in [0.1, 0.15) is 12.5 Å². The first kappa shape index (κ1) is 8.51. The molecule has 1 heterocycles. The number of fused-ring (bicyclic) bond motifs is 1. The minimum Gasteiger partial charge on any atom is -0.506 e. The zero-order chi connectivity index (χ0) is 9.42. The van der Waals surface area contributed by atoms with Crippen LogP contribution in [0.2, 0.25) is 0 Å². The van der Waals surface area contributed by atoms with Crippen molar-refractivity contribution in [3.8, 4) is 5.75 Å². The Morgan fingerprint density at radius 2 is 2.23 bits per heavy atom. The summed E-state index contributed by atoms with van der Waals surface area (Å²) in [4.78, 5) is 0. The van der Waals surface area contributed by atoms with Gasteiger partial charge in [0.25, 0.3) is 0 Å². The Kier molecular flexibility index (Phi) is 1.96. The molecule has 0 amide bonds. The molecule has 1 aromatic heterocycles. The lowest BCUT2D eigenvalue weighted by Crippen LogP contribution is -1.79. The van der Waals surface area contributed by atoms with Crippen molar-refractivity contribution in [3.63, 3.8) is 0 Å². The highest BCUT2D eigenvalue weighted by Crippen LogP contribution is 2.34. The van der Waals surface area contributed by atoms with Gasteiger partial charge in [-0.1, -0.05) is 19.1 Å². The van der Waals surface area contributed by atoms with Crippen molar-refractivity contribution < 1.29 is 9.50 Å². The smallest absolute Gasteiger partial charge is 0.177 e. The fourth-order valence-electron chi connectivity index (χ4n) is 1.38. The Bertz CT molecular complexity index is 447. The van der Waals surface area contributed by atoms with Crippen LogP contribution in [-0.2, 0) is 6.42 Å². The van der Waals surface area contributed by atoms with E-state index in [0.717, 1.165) is 28.7 Å². The highest BCUT2D eigenvalue weighted by molar-refractivity contribution is 7.17. The van der Waals surface area contributed by atoms with Crippen molar-refractivity contribution in [1.82, 2.24) is 0 Å². The van der Waals surface area contributed by atoms with Gasteiger partial charge in [0.2, 0.25) is 0 Å². The molecule has 0 atom stereocenters. The van der Waals surface area contributed by atoms with Crippen LogP contribution in [0.25, 0.3) is 10.1 Å². The predicted molar refractivity (Wildman–Crippen MR) is 52.8 cm³/mol. The zero-order valence-corrected chi connectivity index (χ0v) is 7.99. The molecule has 0 bridgehead atoms. The summed E-state index contributed by atoms with van der Waals surface area (Å²) in [6, 6.07) is 5.12. The summed E-state index contributed by atoms with van der Waals surface area (Å²) < 4.78 is 13.5. The first-order valence-electron chi connectivity index (χ1n) is 4.12. The van der Waals surface area contributed by atoms with E-state index in [-0.39, 0.29) is 10.9 Å². The van der Waals surface area contributed by atoms with Gasteiger partial charge in [0.15, 0.2) is 5.13 Å². The molecule has 2 rings (SSSR count). The zero-order valence-electron chi connectivity index (χ0n) is 7.17. The van der Waals surface area contributed by atoms with E-state index >= 15 is 0 Å². The van der Waals surface area contributed by atoms with Gasteiger partial charge in [-0.3, -0.25) is 0 Å². The van der Waals surface area contributed by atoms with E-state index in [4.69, 9.17) is 0 Å². The number of phenols is 1. The number of hydrogen-bond acceptors (Lipinski definition) is 2. The molecule has 0 fully saturated rings. The maximum atomic E-state index is 12.8. The molecule has 0 spiro atoms. The van der Waals surface area contributed by atoms with Crippen molar-refractivity contribution in [2.45, 2.75) is 13.3 Å². The first-order chi connectivity index (χ1) is 6.22. The Labute approximate surface area is 79.4 Å². The molecule has 2 aromatic rings. The summed E-state index contributed by atoms with van der Waals surface area (Å²) in [6.45, 7) is 1.96. The average Bonchev–Trinajstić information content (AvgIpc) is 2.47. The van der Waals surface area contributed by atoms with Crippen molar-refractivity contribution in [1.29, 1.82) is 0 Å². The van der Waals surface area contributed by atoms with E-state index in [0.29, 0.717) is 4.70 Å². The van der Waals surface area contributed by atoms with Gasteiger partial charge >= 0.3 is 0 Å². The second kappa shape index (κ2) is 3.00. The number of aryl methyl sites for hydroxylation is 1. The molecular formula is C10H9FOS. The molecule has 0 saturated heterocycles. The predicted octanol–water partition coefficient (Wildman–Crippen LogP) is 3.31. The largest absolute Gasteiger partial charge is 0.506 e. The molecule has 13 heavy (non-hydrogen) atoms. The van der Waals surface area contributed by atoms with Crippen LogP contribution in [0.15, 0.2) is 18.2 Å². The lowest BCUT2D eigenvalue weighted by Gasteiger charge is -2.00. The topological polar surface area (TPSA) is 20.2 Å². The lowest BCUT2D eigenvalue weighted by atomic mass is 10.1. The summed E-state index contributed by atoms with van der Waals surface area (Å²) >= 11 is 0.992. The monoisotopic (exact) mass is 196 g/mol. The maximum absolute atomic E-state index is 12.8. The van der Waals surface area contributed by atoms with Crippen LogP contribution in [0, 0.1) is 5.13 Å². The number of rotatable bonds is 1. The van der Waals surface area contributed by atoms with Crippen molar-refractivity contribution in [2.24, 2.45) is 0 Å². The third-order valence-corrected chi connectivity index (χ3v) is 3.04. The molecule has 68 valence electrons. The molecular weight excluding hydrogens is 187 g/mol. The second-order valence-corrected chi connectivity index (χ2v) is 3.90. The van der Waals surface area contributed by atoms with Gasteiger partial charge in [-0.25, -0.2) is 0 Å². The third kappa shape index (κ3) is 1.29. The van der Waals surface area contributed by atoms with Crippen LogP contribution in [-0.4, -0.2) is 5.11 Å². The van der Waals surface area contributed by atoms with Gasteiger partial charge in [0.05, 0.1) is 4.70 Å².